The molecule has 0 unspecified atom stereocenters. The van der Waals surface area contributed by atoms with Gasteiger partial charge in [-0.25, -0.2) is 0 Å². The summed E-state index contributed by atoms with van der Waals surface area (Å²) in [4.78, 5) is 18.7. The van der Waals surface area contributed by atoms with Gasteiger partial charge in [-0.2, -0.15) is 5.10 Å². The minimum Gasteiger partial charge on any atom is -0.336 e. The van der Waals surface area contributed by atoms with Crippen LogP contribution in [0.4, 0.5) is 0 Å². The van der Waals surface area contributed by atoms with E-state index in [9.17, 15) is 4.79 Å². The number of hydrogen-bond acceptors (Lipinski definition) is 3. The van der Waals surface area contributed by atoms with Crippen molar-refractivity contribution in [1.82, 2.24) is 24.2 Å². The Hall–Kier alpha value is -2.89. The van der Waals surface area contributed by atoms with Crippen molar-refractivity contribution in [3.8, 4) is 5.69 Å². The van der Waals surface area contributed by atoms with Crippen molar-refractivity contribution in [2.45, 2.75) is 33.9 Å². The molecule has 6 nitrogen and oxygen atoms in total. The average Bonchev–Trinajstić information content (AvgIpc) is 3.25. The summed E-state index contributed by atoms with van der Waals surface area (Å²) in [5.74, 6) is -0.0999. The third-order valence-electron chi connectivity index (χ3n) is 4.44. The van der Waals surface area contributed by atoms with E-state index in [1.165, 1.54) is 0 Å². The van der Waals surface area contributed by atoms with Crippen LogP contribution in [0, 0.1) is 13.8 Å². The maximum Gasteiger partial charge on any atom is 0.272 e. The van der Waals surface area contributed by atoms with E-state index in [0.717, 1.165) is 29.2 Å². The van der Waals surface area contributed by atoms with Crippen LogP contribution in [-0.4, -0.2) is 37.2 Å². The summed E-state index contributed by atoms with van der Waals surface area (Å²) in [5, 5.41) is 4.52. The summed E-state index contributed by atoms with van der Waals surface area (Å²) in [7, 11) is 1.80. The Balaban J connectivity index is 1.81. The lowest BCUT2D eigenvalue weighted by atomic mass is 10.2. The van der Waals surface area contributed by atoms with Crippen molar-refractivity contribution in [1.29, 1.82) is 0 Å². The monoisotopic (exact) mass is 337 g/mol. The number of rotatable bonds is 5. The molecular formula is C19H23N5O. The summed E-state index contributed by atoms with van der Waals surface area (Å²) in [6.45, 7) is 7.44. The van der Waals surface area contributed by atoms with Gasteiger partial charge >= 0.3 is 0 Å². The standard InChI is InChI=1S/C19H23N5O/c1-5-24-15(3)17(14(2)21-24)13-22(4)19(25)18-12-16(8-9-20-18)23-10-6-7-11-23/h6-12H,5,13H2,1-4H3. The molecule has 0 saturated heterocycles. The Labute approximate surface area is 147 Å². The summed E-state index contributed by atoms with van der Waals surface area (Å²) >= 11 is 0. The Morgan fingerprint density at radius 1 is 1.24 bits per heavy atom. The van der Waals surface area contributed by atoms with E-state index >= 15 is 0 Å². The van der Waals surface area contributed by atoms with E-state index in [1.807, 2.05) is 59.8 Å². The van der Waals surface area contributed by atoms with Crippen LogP contribution in [-0.2, 0) is 13.1 Å². The lowest BCUT2D eigenvalue weighted by molar-refractivity contribution is 0.0779. The number of aryl methyl sites for hydroxylation is 2. The molecule has 130 valence electrons. The zero-order chi connectivity index (χ0) is 18.0. The van der Waals surface area contributed by atoms with Gasteiger partial charge in [-0.3, -0.25) is 14.5 Å². The molecule has 0 aliphatic rings. The first-order chi connectivity index (χ1) is 12.0. The molecule has 3 heterocycles. The van der Waals surface area contributed by atoms with Gasteiger partial charge in [-0.1, -0.05) is 0 Å². The maximum atomic E-state index is 12.8. The smallest absolute Gasteiger partial charge is 0.272 e. The fourth-order valence-corrected chi connectivity index (χ4v) is 2.98. The fourth-order valence-electron chi connectivity index (χ4n) is 2.98. The normalized spacial score (nSPS) is 10.9. The van der Waals surface area contributed by atoms with Crippen molar-refractivity contribution in [2.75, 3.05) is 7.05 Å². The van der Waals surface area contributed by atoms with Crippen molar-refractivity contribution >= 4 is 5.91 Å². The molecule has 0 atom stereocenters. The van der Waals surface area contributed by atoms with Crippen LogP contribution >= 0.6 is 0 Å². The predicted molar refractivity (Wildman–Crippen MR) is 96.7 cm³/mol. The molecule has 3 rings (SSSR count). The van der Waals surface area contributed by atoms with Crippen LogP contribution < -0.4 is 0 Å². The zero-order valence-corrected chi connectivity index (χ0v) is 15.1. The Morgan fingerprint density at radius 3 is 2.60 bits per heavy atom. The Morgan fingerprint density at radius 2 is 1.96 bits per heavy atom. The second-order valence-electron chi connectivity index (χ2n) is 6.12. The first-order valence-corrected chi connectivity index (χ1v) is 8.39. The molecule has 0 aromatic carbocycles. The van der Waals surface area contributed by atoms with Gasteiger partial charge in [-0.05, 0) is 45.0 Å². The van der Waals surface area contributed by atoms with E-state index in [0.29, 0.717) is 12.2 Å². The molecule has 0 bridgehead atoms. The van der Waals surface area contributed by atoms with Crippen LogP contribution in [0.25, 0.3) is 5.69 Å². The lowest BCUT2D eigenvalue weighted by Crippen LogP contribution is -2.27. The molecule has 0 saturated carbocycles. The third kappa shape index (κ3) is 3.33. The molecule has 25 heavy (non-hydrogen) atoms. The SMILES string of the molecule is CCn1nc(C)c(CN(C)C(=O)c2cc(-n3cccc3)ccn2)c1C. The first-order valence-electron chi connectivity index (χ1n) is 8.39. The molecule has 0 radical (unpaired) electrons. The van der Waals surface area contributed by atoms with Gasteiger partial charge in [0, 0.05) is 55.7 Å². The van der Waals surface area contributed by atoms with Gasteiger partial charge in [0.1, 0.15) is 5.69 Å². The molecule has 3 aromatic heterocycles. The number of carbonyl (C=O) groups excluding carboxylic acids is 1. The van der Waals surface area contributed by atoms with E-state index in [-0.39, 0.29) is 5.91 Å². The number of hydrogen-bond donors (Lipinski definition) is 0. The molecule has 0 aliphatic heterocycles. The number of amides is 1. The van der Waals surface area contributed by atoms with Gasteiger partial charge in [-0.15, -0.1) is 0 Å². The Kier molecular flexibility index (Phi) is 4.70. The van der Waals surface area contributed by atoms with Gasteiger partial charge < -0.3 is 9.47 Å². The quantitative estimate of drug-likeness (QED) is 0.719. The second kappa shape index (κ2) is 6.93. The van der Waals surface area contributed by atoms with Crippen molar-refractivity contribution < 1.29 is 4.79 Å². The molecule has 0 spiro atoms. The summed E-state index contributed by atoms with van der Waals surface area (Å²) in [6, 6.07) is 7.60. The van der Waals surface area contributed by atoms with Crippen LogP contribution in [0.3, 0.4) is 0 Å². The van der Waals surface area contributed by atoms with Crippen molar-refractivity contribution in [2.24, 2.45) is 0 Å². The summed E-state index contributed by atoms with van der Waals surface area (Å²) in [6.07, 6.45) is 5.56. The highest BCUT2D eigenvalue weighted by atomic mass is 16.2. The van der Waals surface area contributed by atoms with E-state index in [1.54, 1.807) is 18.1 Å². The highest BCUT2D eigenvalue weighted by Crippen LogP contribution is 2.17. The van der Waals surface area contributed by atoms with Crippen LogP contribution in [0.2, 0.25) is 0 Å². The van der Waals surface area contributed by atoms with Gasteiger partial charge in [0.15, 0.2) is 0 Å². The largest absolute Gasteiger partial charge is 0.336 e. The topological polar surface area (TPSA) is 56.0 Å². The average molecular weight is 337 g/mol. The number of carbonyl (C=O) groups is 1. The third-order valence-corrected chi connectivity index (χ3v) is 4.44. The highest BCUT2D eigenvalue weighted by molar-refractivity contribution is 5.92. The lowest BCUT2D eigenvalue weighted by Gasteiger charge is -2.17. The molecule has 0 N–H and O–H groups in total. The van der Waals surface area contributed by atoms with E-state index in [2.05, 4.69) is 17.0 Å². The van der Waals surface area contributed by atoms with Crippen LogP contribution in [0.5, 0.6) is 0 Å². The van der Waals surface area contributed by atoms with Crippen molar-refractivity contribution in [3.63, 3.8) is 0 Å². The first kappa shape index (κ1) is 17.0. The van der Waals surface area contributed by atoms with E-state index in [4.69, 9.17) is 0 Å². The summed E-state index contributed by atoms with van der Waals surface area (Å²) < 4.78 is 3.92. The van der Waals surface area contributed by atoms with Gasteiger partial charge in [0.2, 0.25) is 0 Å². The summed E-state index contributed by atoms with van der Waals surface area (Å²) in [5.41, 5.74) is 4.52. The molecule has 6 heteroatoms. The highest BCUT2D eigenvalue weighted by Gasteiger charge is 2.18. The minimum atomic E-state index is -0.0999. The molecular weight excluding hydrogens is 314 g/mol. The maximum absolute atomic E-state index is 12.8. The molecule has 1 amide bonds. The van der Waals surface area contributed by atoms with Crippen LogP contribution in [0.1, 0.15) is 34.4 Å². The minimum absolute atomic E-state index is 0.0999. The zero-order valence-electron chi connectivity index (χ0n) is 15.1. The number of nitrogens with zero attached hydrogens (tertiary/aromatic N) is 5. The van der Waals surface area contributed by atoms with E-state index < -0.39 is 0 Å². The molecule has 0 aliphatic carbocycles. The molecule has 0 fully saturated rings. The Bertz CT molecular complexity index is 879. The second-order valence-corrected chi connectivity index (χ2v) is 6.12. The van der Waals surface area contributed by atoms with Gasteiger partial charge in [0.05, 0.1) is 5.69 Å². The van der Waals surface area contributed by atoms with Gasteiger partial charge in [0.25, 0.3) is 5.91 Å². The number of aromatic nitrogens is 4. The fraction of sp³-hybridized carbons (Fsp3) is 0.316. The van der Waals surface area contributed by atoms with Crippen LogP contribution in [0.15, 0.2) is 42.9 Å². The number of pyridine rings is 1. The van der Waals surface area contributed by atoms with Crippen molar-refractivity contribution in [3.05, 3.63) is 65.5 Å². The molecule has 3 aromatic rings. The predicted octanol–water partition coefficient (Wildman–Crippen LogP) is 2.98.